The van der Waals surface area contributed by atoms with Gasteiger partial charge in [0.2, 0.25) is 0 Å². The Hall–Kier alpha value is -0.980. The van der Waals surface area contributed by atoms with Crippen molar-refractivity contribution >= 4 is 16.8 Å². The molecule has 1 N–H and O–H groups in total. The molecule has 1 atom stereocenters. The van der Waals surface area contributed by atoms with Crippen molar-refractivity contribution < 1.29 is 17.9 Å². The predicted octanol–water partition coefficient (Wildman–Crippen LogP) is 1.24. The third-order valence-electron chi connectivity index (χ3n) is 2.47. The van der Waals surface area contributed by atoms with Crippen LogP contribution in [0.25, 0.3) is 0 Å². The summed E-state index contributed by atoms with van der Waals surface area (Å²) in [5.74, 6) is -0.471. The lowest BCUT2D eigenvalue weighted by molar-refractivity contribution is 0.122. The maximum atomic E-state index is 13.7. The maximum absolute atomic E-state index is 13.7. The smallest absolute Gasteiger partial charge is 0.186 e. The van der Waals surface area contributed by atoms with Gasteiger partial charge in [-0.15, -0.1) is 0 Å². The second kappa shape index (κ2) is 4.90. The Bertz CT molecular complexity index is 407. The summed E-state index contributed by atoms with van der Waals surface area (Å²) < 4.78 is 38.4. The summed E-state index contributed by atoms with van der Waals surface area (Å²) in [5.41, 5.74) is 0.456. The van der Waals surface area contributed by atoms with Crippen LogP contribution in [-0.2, 0) is 15.8 Å². The minimum atomic E-state index is -2.14. The third-order valence-corrected chi connectivity index (χ3v) is 3.13. The van der Waals surface area contributed by atoms with E-state index in [1.807, 2.05) is 4.90 Å². The van der Waals surface area contributed by atoms with Gasteiger partial charge < -0.3 is 14.2 Å². The van der Waals surface area contributed by atoms with Crippen molar-refractivity contribution in [3.8, 4) is 0 Å². The lowest BCUT2D eigenvalue weighted by atomic mass is 10.2. The average Bonchev–Trinajstić information content (AvgIpc) is 2.30. The first-order chi connectivity index (χ1) is 7.68. The Morgan fingerprint density at radius 3 is 2.62 bits per heavy atom. The standard InChI is InChI=1S/C10H12FNO3S/c11-9-7-8(16(13)14)1-2-10(9)12-3-5-15-6-4-12/h1-2,7H,3-6H2,(H,13,14). The Balaban J connectivity index is 2.24. The molecule has 1 unspecified atom stereocenters. The van der Waals surface area contributed by atoms with Gasteiger partial charge in [0.15, 0.2) is 11.1 Å². The summed E-state index contributed by atoms with van der Waals surface area (Å²) in [6.45, 7) is 2.43. The summed E-state index contributed by atoms with van der Waals surface area (Å²) in [7, 11) is 0. The molecule has 1 aliphatic rings. The number of ether oxygens (including phenoxy) is 1. The normalized spacial score (nSPS) is 18.5. The average molecular weight is 245 g/mol. The Kier molecular flexibility index (Phi) is 3.52. The molecule has 4 nitrogen and oxygen atoms in total. The molecule has 6 heteroatoms. The number of hydrogen-bond donors (Lipinski definition) is 1. The lowest BCUT2D eigenvalue weighted by Gasteiger charge is -2.29. The molecule has 16 heavy (non-hydrogen) atoms. The second-order valence-electron chi connectivity index (χ2n) is 3.46. The largest absolute Gasteiger partial charge is 0.378 e. The highest BCUT2D eigenvalue weighted by molar-refractivity contribution is 7.79. The summed E-state index contributed by atoms with van der Waals surface area (Å²) in [5, 5.41) is 0. The van der Waals surface area contributed by atoms with Gasteiger partial charge >= 0.3 is 0 Å². The van der Waals surface area contributed by atoms with E-state index in [4.69, 9.17) is 9.29 Å². The van der Waals surface area contributed by atoms with Gasteiger partial charge in [-0.05, 0) is 18.2 Å². The van der Waals surface area contributed by atoms with Gasteiger partial charge in [0.1, 0.15) is 5.82 Å². The molecule has 0 aromatic heterocycles. The van der Waals surface area contributed by atoms with Crippen molar-refractivity contribution in [1.29, 1.82) is 0 Å². The monoisotopic (exact) mass is 245 g/mol. The second-order valence-corrected chi connectivity index (χ2v) is 4.43. The highest BCUT2D eigenvalue weighted by atomic mass is 32.2. The van der Waals surface area contributed by atoms with E-state index in [9.17, 15) is 8.60 Å². The number of nitrogens with zero attached hydrogens (tertiary/aromatic N) is 1. The first-order valence-electron chi connectivity index (χ1n) is 4.91. The molecule has 2 rings (SSSR count). The van der Waals surface area contributed by atoms with Gasteiger partial charge in [-0.1, -0.05) is 0 Å². The van der Waals surface area contributed by atoms with E-state index in [1.54, 1.807) is 0 Å². The van der Waals surface area contributed by atoms with Crippen molar-refractivity contribution in [2.75, 3.05) is 31.2 Å². The van der Waals surface area contributed by atoms with Gasteiger partial charge in [0.05, 0.1) is 23.8 Å². The lowest BCUT2D eigenvalue weighted by Crippen LogP contribution is -2.36. The fourth-order valence-electron chi connectivity index (χ4n) is 1.66. The Morgan fingerprint density at radius 1 is 1.38 bits per heavy atom. The van der Waals surface area contributed by atoms with E-state index in [0.29, 0.717) is 32.0 Å². The SMILES string of the molecule is O=S(O)c1ccc(N2CCOCC2)c(F)c1. The molecule has 0 amide bonds. The van der Waals surface area contributed by atoms with Crippen LogP contribution in [-0.4, -0.2) is 35.1 Å². The van der Waals surface area contributed by atoms with Crippen molar-refractivity contribution in [2.24, 2.45) is 0 Å². The maximum Gasteiger partial charge on any atom is 0.186 e. The van der Waals surface area contributed by atoms with Crippen molar-refractivity contribution in [3.05, 3.63) is 24.0 Å². The van der Waals surface area contributed by atoms with Crippen LogP contribution < -0.4 is 4.90 Å². The summed E-state index contributed by atoms with van der Waals surface area (Å²) in [6, 6.07) is 4.09. The molecular formula is C10H12FNO3S. The van der Waals surface area contributed by atoms with Crippen LogP contribution in [0, 0.1) is 5.82 Å². The van der Waals surface area contributed by atoms with E-state index in [0.717, 1.165) is 6.07 Å². The van der Waals surface area contributed by atoms with E-state index in [-0.39, 0.29) is 4.90 Å². The van der Waals surface area contributed by atoms with Crippen LogP contribution in [0.4, 0.5) is 10.1 Å². The van der Waals surface area contributed by atoms with Crippen LogP contribution in [0.1, 0.15) is 0 Å². The number of rotatable bonds is 2. The summed E-state index contributed by atoms with van der Waals surface area (Å²) in [4.78, 5) is 1.94. The number of morpholine rings is 1. The molecular weight excluding hydrogens is 233 g/mol. The van der Waals surface area contributed by atoms with E-state index >= 15 is 0 Å². The fourth-order valence-corrected chi connectivity index (χ4v) is 2.05. The van der Waals surface area contributed by atoms with Gasteiger partial charge in [-0.3, -0.25) is 0 Å². The van der Waals surface area contributed by atoms with Gasteiger partial charge in [0.25, 0.3) is 0 Å². The van der Waals surface area contributed by atoms with Crippen LogP contribution >= 0.6 is 0 Å². The molecule has 0 bridgehead atoms. The molecule has 1 fully saturated rings. The first-order valence-corrected chi connectivity index (χ1v) is 6.02. The van der Waals surface area contributed by atoms with E-state index < -0.39 is 16.9 Å². The number of benzene rings is 1. The number of anilines is 1. The Labute approximate surface area is 95.3 Å². The quantitative estimate of drug-likeness (QED) is 0.796. The highest BCUT2D eigenvalue weighted by Crippen LogP contribution is 2.22. The van der Waals surface area contributed by atoms with Crippen LogP contribution in [0.5, 0.6) is 0 Å². The van der Waals surface area contributed by atoms with Crippen molar-refractivity contribution in [2.45, 2.75) is 4.90 Å². The van der Waals surface area contributed by atoms with Crippen LogP contribution in [0.3, 0.4) is 0 Å². The zero-order valence-corrected chi connectivity index (χ0v) is 9.37. The predicted molar refractivity (Wildman–Crippen MR) is 58.5 cm³/mol. The minimum absolute atomic E-state index is 0.0782. The van der Waals surface area contributed by atoms with Crippen LogP contribution in [0.15, 0.2) is 23.1 Å². The fraction of sp³-hybridized carbons (Fsp3) is 0.400. The zero-order valence-electron chi connectivity index (χ0n) is 8.56. The molecule has 88 valence electrons. The van der Waals surface area contributed by atoms with E-state index in [1.165, 1.54) is 12.1 Å². The third kappa shape index (κ3) is 2.40. The number of halogens is 1. The van der Waals surface area contributed by atoms with Crippen molar-refractivity contribution in [3.63, 3.8) is 0 Å². The number of hydrogen-bond acceptors (Lipinski definition) is 3. The molecule has 1 aliphatic heterocycles. The molecule has 1 heterocycles. The molecule has 0 spiro atoms. The zero-order chi connectivity index (χ0) is 11.5. The van der Waals surface area contributed by atoms with Crippen molar-refractivity contribution in [1.82, 2.24) is 0 Å². The van der Waals surface area contributed by atoms with Crippen LogP contribution in [0.2, 0.25) is 0 Å². The molecule has 0 radical (unpaired) electrons. The minimum Gasteiger partial charge on any atom is -0.378 e. The topological polar surface area (TPSA) is 49.8 Å². The molecule has 0 aliphatic carbocycles. The molecule has 1 aromatic rings. The van der Waals surface area contributed by atoms with E-state index in [2.05, 4.69) is 0 Å². The highest BCUT2D eigenvalue weighted by Gasteiger charge is 2.15. The molecule has 1 saturated heterocycles. The Morgan fingerprint density at radius 2 is 2.06 bits per heavy atom. The summed E-state index contributed by atoms with van der Waals surface area (Å²) >= 11 is -2.14. The first kappa shape index (κ1) is 11.5. The van der Waals surface area contributed by atoms with Gasteiger partial charge in [-0.25, -0.2) is 8.60 Å². The van der Waals surface area contributed by atoms with Gasteiger partial charge in [-0.2, -0.15) is 0 Å². The molecule has 1 aromatic carbocycles. The molecule has 0 saturated carbocycles. The van der Waals surface area contributed by atoms with Gasteiger partial charge in [0, 0.05) is 13.1 Å². The summed E-state index contributed by atoms with van der Waals surface area (Å²) in [6.07, 6.45) is 0.